The molecule has 0 N–H and O–H groups in total. The molecule has 0 bridgehead atoms. The fraction of sp³-hybridized carbons (Fsp3) is 0.452. The van der Waals surface area contributed by atoms with Crippen LogP contribution in [0.1, 0.15) is 55.4 Å². The minimum Gasteiger partial charge on any atom is -0.497 e. The normalized spacial score (nSPS) is 18.0. The lowest BCUT2D eigenvalue weighted by Crippen LogP contribution is -2.43. The zero-order valence-corrected chi connectivity index (χ0v) is 26.1. The monoisotopic (exact) mass is 608 g/mol. The molecule has 0 saturated carbocycles. The van der Waals surface area contributed by atoms with Crippen LogP contribution >= 0.6 is 24.0 Å². The molecule has 1 aromatic carbocycles. The number of hydrogen-bond acceptors (Lipinski definition) is 9. The summed E-state index contributed by atoms with van der Waals surface area (Å²) in [6.45, 7) is 7.63. The van der Waals surface area contributed by atoms with Crippen LogP contribution in [0.15, 0.2) is 34.0 Å². The standard InChI is InChI=1S/C31H36N4O5S2/c1-5-14-34-27(33-15-7-8-22(19-33)30(38)40-6-2)24(20(3)25(18-32)28(34)36)17-26-29(37)35(31(41)42-26)16-13-21-9-11-23(39-4)12-10-21/h9-12,17,22H,5-8,13-16,19H2,1-4H3/b26-17+. The molecule has 0 radical (unpaired) electrons. The quantitative estimate of drug-likeness (QED) is 0.216. The number of thioether (sulfide) groups is 1. The lowest BCUT2D eigenvalue weighted by atomic mass is 9.96. The summed E-state index contributed by atoms with van der Waals surface area (Å²) in [7, 11) is 1.62. The van der Waals surface area contributed by atoms with Crippen molar-refractivity contribution in [3.63, 3.8) is 0 Å². The second-order valence-corrected chi connectivity index (χ2v) is 12.0. The number of carbonyl (C=O) groups is 2. The number of carbonyl (C=O) groups excluding carboxylic acids is 2. The minimum absolute atomic E-state index is 0.0485. The fourth-order valence-electron chi connectivity index (χ4n) is 5.39. The maximum Gasteiger partial charge on any atom is 0.310 e. The number of aromatic nitrogens is 1. The molecular formula is C31H36N4O5S2. The number of rotatable bonds is 10. The largest absolute Gasteiger partial charge is 0.497 e. The van der Waals surface area contributed by atoms with Crippen molar-refractivity contribution in [2.24, 2.45) is 5.92 Å². The van der Waals surface area contributed by atoms with Crippen molar-refractivity contribution in [1.82, 2.24) is 9.47 Å². The van der Waals surface area contributed by atoms with Gasteiger partial charge in [-0.1, -0.05) is 43.0 Å². The Labute approximate surface area is 256 Å². The van der Waals surface area contributed by atoms with Crippen LogP contribution < -0.4 is 15.2 Å². The summed E-state index contributed by atoms with van der Waals surface area (Å²) < 4.78 is 12.6. The Hall–Kier alpha value is -3.62. The van der Waals surface area contributed by atoms with E-state index in [4.69, 9.17) is 21.7 Å². The molecule has 2 aliphatic heterocycles. The van der Waals surface area contributed by atoms with Gasteiger partial charge in [0.25, 0.3) is 11.5 Å². The maximum absolute atomic E-state index is 13.6. The third-order valence-corrected chi connectivity index (χ3v) is 8.94. The van der Waals surface area contributed by atoms with Crippen LogP contribution in [0, 0.1) is 24.2 Å². The van der Waals surface area contributed by atoms with Crippen molar-refractivity contribution in [2.45, 2.75) is 53.0 Å². The molecule has 1 amide bonds. The highest BCUT2D eigenvalue weighted by Gasteiger charge is 2.34. The van der Waals surface area contributed by atoms with E-state index in [-0.39, 0.29) is 28.9 Å². The van der Waals surface area contributed by atoms with Crippen molar-refractivity contribution in [2.75, 3.05) is 38.3 Å². The summed E-state index contributed by atoms with van der Waals surface area (Å²) in [5, 5.41) is 9.93. The van der Waals surface area contributed by atoms with Gasteiger partial charge in [0.05, 0.1) is 24.5 Å². The molecule has 1 atom stereocenters. The van der Waals surface area contributed by atoms with E-state index < -0.39 is 0 Å². The predicted molar refractivity (Wildman–Crippen MR) is 169 cm³/mol. The smallest absolute Gasteiger partial charge is 0.310 e. The third kappa shape index (κ3) is 6.55. The number of methoxy groups -OCH3 is 1. The van der Waals surface area contributed by atoms with E-state index in [9.17, 15) is 19.6 Å². The molecule has 2 saturated heterocycles. The Morgan fingerprint density at radius 1 is 1.21 bits per heavy atom. The average molecular weight is 609 g/mol. The SMILES string of the molecule is CCCn1c(N2CCCC(C(=O)OCC)C2)c(/C=C2/SC(=S)N(CCc3ccc(OC)cc3)C2=O)c(C)c(C#N)c1=O. The molecular weight excluding hydrogens is 572 g/mol. The van der Waals surface area contributed by atoms with E-state index in [1.807, 2.05) is 36.1 Å². The number of piperidine rings is 1. The second-order valence-electron chi connectivity index (χ2n) is 10.3. The Morgan fingerprint density at radius 2 is 1.95 bits per heavy atom. The molecule has 1 unspecified atom stereocenters. The van der Waals surface area contributed by atoms with Crippen LogP contribution in [0.2, 0.25) is 0 Å². The van der Waals surface area contributed by atoms with E-state index in [2.05, 4.69) is 6.07 Å². The number of nitrogens with zero attached hydrogens (tertiary/aromatic N) is 4. The molecule has 2 aromatic rings. The summed E-state index contributed by atoms with van der Waals surface area (Å²) >= 11 is 6.82. The van der Waals surface area contributed by atoms with Gasteiger partial charge in [-0.25, -0.2) is 0 Å². The minimum atomic E-state index is -0.366. The van der Waals surface area contributed by atoms with Crippen LogP contribution in [-0.2, 0) is 27.3 Å². The summed E-state index contributed by atoms with van der Waals surface area (Å²) in [5.74, 6) is 0.594. The van der Waals surface area contributed by atoms with Crippen molar-refractivity contribution in [1.29, 1.82) is 5.26 Å². The zero-order chi connectivity index (χ0) is 30.4. The third-order valence-electron chi connectivity index (χ3n) is 7.57. The first-order chi connectivity index (χ1) is 20.2. The van der Waals surface area contributed by atoms with E-state index >= 15 is 0 Å². The molecule has 222 valence electrons. The van der Waals surface area contributed by atoms with E-state index in [0.717, 1.165) is 17.7 Å². The van der Waals surface area contributed by atoms with Crippen LogP contribution in [0.5, 0.6) is 5.75 Å². The molecule has 11 heteroatoms. The average Bonchev–Trinajstić information content (AvgIpc) is 3.26. The Bertz CT molecular complexity index is 1490. The van der Waals surface area contributed by atoms with Crippen LogP contribution in [0.3, 0.4) is 0 Å². The first-order valence-electron chi connectivity index (χ1n) is 14.2. The van der Waals surface area contributed by atoms with E-state index in [1.54, 1.807) is 36.5 Å². The molecule has 0 aliphatic carbocycles. The van der Waals surface area contributed by atoms with E-state index in [1.165, 1.54) is 11.8 Å². The first kappa shape index (κ1) is 31.3. The van der Waals surface area contributed by atoms with Gasteiger partial charge in [0.2, 0.25) is 0 Å². The number of benzene rings is 1. The molecule has 0 spiro atoms. The highest BCUT2D eigenvalue weighted by Crippen LogP contribution is 2.37. The maximum atomic E-state index is 13.6. The second kappa shape index (κ2) is 14.0. The van der Waals surface area contributed by atoms with Crippen LogP contribution in [-0.4, -0.2) is 59.0 Å². The number of esters is 1. The molecule has 42 heavy (non-hydrogen) atoms. The van der Waals surface area contributed by atoms with Crippen molar-refractivity contribution >= 4 is 52.1 Å². The van der Waals surface area contributed by atoms with Gasteiger partial charge in [-0.3, -0.25) is 23.9 Å². The molecule has 2 aliphatic rings. The number of pyridine rings is 1. The zero-order valence-electron chi connectivity index (χ0n) is 24.5. The van der Waals surface area contributed by atoms with E-state index in [0.29, 0.717) is 78.2 Å². The number of nitriles is 1. The van der Waals surface area contributed by atoms with Crippen molar-refractivity contribution < 1.29 is 19.1 Å². The van der Waals surface area contributed by atoms with Gasteiger partial charge in [0, 0.05) is 31.7 Å². The van der Waals surface area contributed by atoms with Crippen LogP contribution in [0.4, 0.5) is 5.82 Å². The van der Waals surface area contributed by atoms with Gasteiger partial charge >= 0.3 is 5.97 Å². The molecule has 2 fully saturated rings. The highest BCUT2D eigenvalue weighted by atomic mass is 32.2. The number of hydrogen-bond donors (Lipinski definition) is 0. The van der Waals surface area contributed by atoms with Gasteiger partial charge in [-0.05, 0) is 68.9 Å². The highest BCUT2D eigenvalue weighted by molar-refractivity contribution is 8.26. The fourth-order valence-corrected chi connectivity index (χ4v) is 6.69. The predicted octanol–water partition coefficient (Wildman–Crippen LogP) is 4.67. The molecule has 9 nitrogen and oxygen atoms in total. The van der Waals surface area contributed by atoms with Gasteiger partial charge in [-0.2, -0.15) is 5.26 Å². The van der Waals surface area contributed by atoms with Gasteiger partial charge in [0.15, 0.2) is 0 Å². The summed E-state index contributed by atoms with van der Waals surface area (Å²) in [5.41, 5.74) is 1.87. The van der Waals surface area contributed by atoms with Crippen molar-refractivity contribution in [3.8, 4) is 11.8 Å². The lowest BCUT2D eigenvalue weighted by molar-refractivity contribution is -0.148. The Balaban J connectivity index is 1.72. The summed E-state index contributed by atoms with van der Waals surface area (Å²) in [4.78, 5) is 43.8. The lowest BCUT2D eigenvalue weighted by Gasteiger charge is -2.36. The number of amides is 1. The molecule has 4 rings (SSSR count). The van der Waals surface area contributed by atoms with Crippen molar-refractivity contribution in [3.05, 3.63) is 61.8 Å². The Kier molecular flexibility index (Phi) is 10.5. The van der Waals surface area contributed by atoms with Crippen LogP contribution in [0.25, 0.3) is 6.08 Å². The Morgan fingerprint density at radius 3 is 2.60 bits per heavy atom. The number of thiocarbonyl (C=S) groups is 1. The molecule has 3 heterocycles. The molecule has 1 aromatic heterocycles. The first-order valence-corrected chi connectivity index (χ1v) is 15.4. The van der Waals surface area contributed by atoms with Gasteiger partial charge in [0.1, 0.15) is 27.5 Å². The number of ether oxygens (including phenoxy) is 2. The summed E-state index contributed by atoms with van der Waals surface area (Å²) in [6.07, 6.45) is 4.50. The number of anilines is 1. The topological polar surface area (TPSA) is 105 Å². The van der Waals surface area contributed by atoms with Gasteiger partial charge in [-0.15, -0.1) is 0 Å². The summed E-state index contributed by atoms with van der Waals surface area (Å²) in [6, 6.07) is 9.78. The van der Waals surface area contributed by atoms with Gasteiger partial charge < -0.3 is 14.4 Å².